The van der Waals surface area contributed by atoms with Crippen molar-refractivity contribution in [2.24, 2.45) is 0 Å². The second kappa shape index (κ2) is 5.24. The predicted molar refractivity (Wildman–Crippen MR) is 72.0 cm³/mol. The molecule has 1 aromatic carbocycles. The molecule has 106 valence electrons. The van der Waals surface area contributed by atoms with E-state index in [1.54, 1.807) is 13.0 Å². The molecule has 0 saturated heterocycles. The summed E-state index contributed by atoms with van der Waals surface area (Å²) >= 11 is 0. The predicted octanol–water partition coefficient (Wildman–Crippen LogP) is 1.36. The summed E-state index contributed by atoms with van der Waals surface area (Å²) in [5.41, 5.74) is 1.15. The Morgan fingerprint density at radius 3 is 2.50 bits per heavy atom. The average Bonchev–Trinajstić information content (AvgIpc) is 2.74. The fourth-order valence-electron chi connectivity index (χ4n) is 1.88. The highest BCUT2D eigenvalue weighted by Gasteiger charge is 2.21. The van der Waals surface area contributed by atoms with Gasteiger partial charge in [0.25, 0.3) is 5.69 Å². The Labute approximate surface area is 114 Å². The van der Waals surface area contributed by atoms with Gasteiger partial charge >= 0.3 is 5.69 Å². The quantitative estimate of drug-likeness (QED) is 0.621. The van der Waals surface area contributed by atoms with Crippen molar-refractivity contribution in [2.75, 3.05) is 0 Å². The molecule has 8 heteroatoms. The van der Waals surface area contributed by atoms with Gasteiger partial charge in [-0.1, -0.05) is 6.92 Å². The summed E-state index contributed by atoms with van der Waals surface area (Å²) in [6.45, 7) is 5.94. The molecule has 20 heavy (non-hydrogen) atoms. The van der Waals surface area contributed by atoms with Crippen LogP contribution in [0.25, 0.3) is 5.69 Å². The van der Waals surface area contributed by atoms with Gasteiger partial charge in [0.15, 0.2) is 0 Å². The Morgan fingerprint density at radius 1 is 1.25 bits per heavy atom. The molecule has 0 amide bonds. The fourth-order valence-corrected chi connectivity index (χ4v) is 1.88. The highest BCUT2D eigenvalue weighted by molar-refractivity contribution is 5.55. The van der Waals surface area contributed by atoms with Crippen molar-refractivity contribution in [1.29, 1.82) is 0 Å². The molecular formula is C12H15N5O3. The standard InChI is InChI=1S/C12H15N5O3/c1-4-5-15-12(18)16(14-13-15)10-6-8(2)9(3)7-11(10)17(19)20/h6-7H,4-5H2,1-3H3. The number of benzene rings is 1. The Morgan fingerprint density at radius 2 is 1.90 bits per heavy atom. The van der Waals surface area contributed by atoms with Gasteiger partial charge in [-0.3, -0.25) is 10.1 Å². The molecule has 0 atom stereocenters. The normalized spacial score (nSPS) is 10.8. The number of hydrogen-bond acceptors (Lipinski definition) is 5. The van der Waals surface area contributed by atoms with Crippen LogP contribution >= 0.6 is 0 Å². The Balaban J connectivity index is 2.66. The van der Waals surface area contributed by atoms with Crippen LogP contribution < -0.4 is 5.69 Å². The van der Waals surface area contributed by atoms with E-state index in [-0.39, 0.29) is 11.4 Å². The van der Waals surface area contributed by atoms with Crippen LogP contribution in [0.15, 0.2) is 16.9 Å². The first kappa shape index (κ1) is 13.9. The minimum Gasteiger partial charge on any atom is -0.258 e. The highest BCUT2D eigenvalue weighted by Crippen LogP contribution is 2.24. The summed E-state index contributed by atoms with van der Waals surface area (Å²) in [5.74, 6) is 0. The molecule has 0 unspecified atom stereocenters. The SMILES string of the molecule is CCCn1nnn(-c2cc(C)c(C)cc2[N+](=O)[O-])c1=O. The zero-order valence-corrected chi connectivity index (χ0v) is 11.5. The molecule has 1 aromatic heterocycles. The number of nitrogens with zero attached hydrogens (tertiary/aromatic N) is 5. The number of rotatable bonds is 4. The third kappa shape index (κ3) is 2.31. The third-order valence-corrected chi connectivity index (χ3v) is 3.09. The van der Waals surface area contributed by atoms with Crippen LogP contribution in [0.5, 0.6) is 0 Å². The van der Waals surface area contributed by atoms with Crippen molar-refractivity contribution in [3.63, 3.8) is 0 Å². The first-order valence-corrected chi connectivity index (χ1v) is 6.24. The van der Waals surface area contributed by atoms with Crippen molar-refractivity contribution < 1.29 is 4.92 Å². The third-order valence-electron chi connectivity index (χ3n) is 3.09. The van der Waals surface area contributed by atoms with Crippen molar-refractivity contribution in [1.82, 2.24) is 19.8 Å². The summed E-state index contributed by atoms with van der Waals surface area (Å²) < 4.78 is 2.17. The Bertz CT molecular complexity index is 716. The van der Waals surface area contributed by atoms with E-state index in [2.05, 4.69) is 10.4 Å². The van der Waals surface area contributed by atoms with Gasteiger partial charge in [-0.25, -0.2) is 4.79 Å². The molecule has 1 heterocycles. The number of aromatic nitrogens is 4. The fraction of sp³-hybridized carbons (Fsp3) is 0.417. The highest BCUT2D eigenvalue weighted by atomic mass is 16.6. The maximum Gasteiger partial charge on any atom is 0.368 e. The van der Waals surface area contributed by atoms with Crippen molar-refractivity contribution in [3.8, 4) is 5.69 Å². The lowest BCUT2D eigenvalue weighted by Gasteiger charge is -2.05. The summed E-state index contributed by atoms with van der Waals surface area (Å²) in [4.78, 5) is 22.7. The monoisotopic (exact) mass is 277 g/mol. The van der Waals surface area contributed by atoms with Gasteiger partial charge < -0.3 is 0 Å². The van der Waals surface area contributed by atoms with E-state index in [0.717, 1.165) is 22.2 Å². The minimum absolute atomic E-state index is 0.144. The molecule has 8 nitrogen and oxygen atoms in total. The summed E-state index contributed by atoms with van der Waals surface area (Å²) in [6, 6.07) is 3.02. The maximum atomic E-state index is 12.1. The second-order valence-corrected chi connectivity index (χ2v) is 4.58. The van der Waals surface area contributed by atoms with Crippen LogP contribution in [0.4, 0.5) is 5.69 Å². The van der Waals surface area contributed by atoms with Crippen LogP contribution in [0.3, 0.4) is 0 Å². The molecule has 0 aliphatic rings. The lowest BCUT2D eigenvalue weighted by molar-refractivity contribution is -0.384. The zero-order chi connectivity index (χ0) is 14.9. The topological polar surface area (TPSA) is 95.8 Å². The molecule has 0 radical (unpaired) electrons. The number of aryl methyl sites for hydroxylation is 3. The van der Waals surface area contributed by atoms with E-state index in [9.17, 15) is 14.9 Å². The number of nitro groups is 1. The molecule has 0 aliphatic carbocycles. The molecule has 2 aromatic rings. The maximum absolute atomic E-state index is 12.1. The van der Waals surface area contributed by atoms with E-state index in [4.69, 9.17) is 0 Å². The van der Waals surface area contributed by atoms with Gasteiger partial charge in [0.05, 0.1) is 4.92 Å². The largest absolute Gasteiger partial charge is 0.368 e. The number of nitro benzene ring substituents is 1. The molecule has 0 saturated carbocycles. The second-order valence-electron chi connectivity index (χ2n) is 4.58. The summed E-state index contributed by atoms with van der Waals surface area (Å²) in [7, 11) is 0. The van der Waals surface area contributed by atoms with Crippen molar-refractivity contribution >= 4 is 5.69 Å². The van der Waals surface area contributed by atoms with Crippen LogP contribution in [-0.2, 0) is 6.54 Å². The Hall–Kier alpha value is -2.51. The van der Waals surface area contributed by atoms with Gasteiger partial charge in [-0.2, -0.15) is 9.36 Å². The van der Waals surface area contributed by atoms with Crippen molar-refractivity contribution in [2.45, 2.75) is 33.7 Å². The molecule has 0 N–H and O–H groups in total. The van der Waals surface area contributed by atoms with Gasteiger partial charge in [0, 0.05) is 12.6 Å². The lowest BCUT2D eigenvalue weighted by atomic mass is 10.1. The van der Waals surface area contributed by atoms with E-state index in [1.165, 1.54) is 10.7 Å². The van der Waals surface area contributed by atoms with E-state index in [0.29, 0.717) is 6.54 Å². The first-order chi connectivity index (χ1) is 9.45. The number of tetrazole rings is 1. The number of hydrogen-bond donors (Lipinski definition) is 0. The smallest absolute Gasteiger partial charge is 0.258 e. The van der Waals surface area contributed by atoms with Crippen LogP contribution in [0, 0.1) is 24.0 Å². The zero-order valence-electron chi connectivity index (χ0n) is 11.5. The van der Waals surface area contributed by atoms with Gasteiger partial charge in [0.2, 0.25) is 0 Å². The molecule has 0 bridgehead atoms. The Kier molecular flexibility index (Phi) is 3.64. The van der Waals surface area contributed by atoms with Crippen molar-refractivity contribution in [3.05, 3.63) is 43.9 Å². The molecular weight excluding hydrogens is 262 g/mol. The summed E-state index contributed by atoms with van der Waals surface area (Å²) in [6.07, 6.45) is 0.730. The summed E-state index contributed by atoms with van der Waals surface area (Å²) in [5, 5.41) is 18.6. The molecule has 0 fully saturated rings. The molecule has 0 spiro atoms. The molecule has 2 rings (SSSR count). The average molecular weight is 277 g/mol. The van der Waals surface area contributed by atoms with E-state index < -0.39 is 10.6 Å². The first-order valence-electron chi connectivity index (χ1n) is 6.24. The van der Waals surface area contributed by atoms with Crippen LogP contribution in [0.2, 0.25) is 0 Å². The van der Waals surface area contributed by atoms with Gasteiger partial charge in [-0.05, 0) is 47.9 Å². The lowest BCUT2D eigenvalue weighted by Crippen LogP contribution is -2.24. The van der Waals surface area contributed by atoms with Gasteiger partial charge in [0.1, 0.15) is 5.69 Å². The van der Waals surface area contributed by atoms with Crippen LogP contribution in [-0.4, -0.2) is 24.7 Å². The van der Waals surface area contributed by atoms with E-state index >= 15 is 0 Å². The van der Waals surface area contributed by atoms with Crippen LogP contribution in [0.1, 0.15) is 24.5 Å². The van der Waals surface area contributed by atoms with E-state index in [1.807, 2.05) is 13.8 Å². The minimum atomic E-state index is -0.521. The van der Waals surface area contributed by atoms with Gasteiger partial charge in [-0.15, -0.1) is 0 Å². The molecule has 0 aliphatic heterocycles.